The van der Waals surface area contributed by atoms with E-state index in [-0.39, 0.29) is 0 Å². The number of aryl methyl sites for hydroxylation is 1. The average molecular weight is 360 g/mol. The molecule has 1 aromatic heterocycles. The van der Waals surface area contributed by atoms with Crippen molar-refractivity contribution in [2.45, 2.75) is 0 Å². The van der Waals surface area contributed by atoms with Crippen molar-refractivity contribution >= 4 is 39.1 Å². The van der Waals surface area contributed by atoms with E-state index in [1.165, 1.54) is 0 Å². The number of fused-ring (bicyclic) bond motifs is 2. The zero-order valence-corrected chi connectivity index (χ0v) is 15.4. The van der Waals surface area contributed by atoms with Crippen LogP contribution in [0.15, 0.2) is 72.8 Å². The Hall–Kier alpha value is -2.98. The fraction of sp³-hybridized carbons (Fsp3) is 0.0909. The van der Waals surface area contributed by atoms with Crippen LogP contribution < -0.4 is 14.0 Å². The van der Waals surface area contributed by atoms with Crippen molar-refractivity contribution in [2.75, 3.05) is 7.11 Å². The number of aromatic nitrogens is 1. The quantitative estimate of drug-likeness (QED) is 0.303. The van der Waals surface area contributed by atoms with Gasteiger partial charge in [-0.25, -0.2) is 0 Å². The van der Waals surface area contributed by atoms with Gasteiger partial charge in [0.1, 0.15) is 18.5 Å². The first-order valence-corrected chi connectivity index (χ1v) is 8.75. The van der Waals surface area contributed by atoms with Gasteiger partial charge in [0.05, 0.1) is 23.4 Å². The number of methoxy groups -OCH3 is 1. The molecule has 0 bridgehead atoms. The Morgan fingerprint density at radius 1 is 0.769 bits per heavy atom. The molecule has 0 saturated heterocycles. The second kappa shape index (κ2) is 6.73. The molecule has 0 aliphatic rings. The molecule has 4 aromatic rings. The van der Waals surface area contributed by atoms with Gasteiger partial charge in [0, 0.05) is 12.1 Å². The molecule has 0 aliphatic carbocycles. The number of hydrogen-bond donors (Lipinski definition) is 0. The summed E-state index contributed by atoms with van der Waals surface area (Å²) in [7, 11) is 3.71. The van der Waals surface area contributed by atoms with Gasteiger partial charge in [-0.15, -0.1) is 0 Å². The number of nitrogens with zero attached hydrogens (tertiary/aromatic N) is 1. The van der Waals surface area contributed by atoms with E-state index in [1.807, 2.05) is 48.5 Å². The van der Waals surface area contributed by atoms with E-state index in [0.29, 0.717) is 10.8 Å². The molecule has 0 aliphatic heterocycles. The number of hydrogen-bond acceptors (Lipinski definition) is 3. The smallest absolute Gasteiger partial charge is 0.213 e. The molecule has 0 fully saturated rings. The van der Waals surface area contributed by atoms with Gasteiger partial charge >= 0.3 is 0 Å². The molecule has 3 aromatic carbocycles. The van der Waals surface area contributed by atoms with Gasteiger partial charge < -0.3 is 9.47 Å². The highest BCUT2D eigenvalue weighted by atomic mass is 32.1. The molecule has 1 heterocycles. The zero-order valence-electron chi connectivity index (χ0n) is 14.6. The summed E-state index contributed by atoms with van der Waals surface area (Å²) in [5.41, 5.74) is 3.17. The summed E-state index contributed by atoms with van der Waals surface area (Å²) in [6, 6.07) is 23.9. The van der Waals surface area contributed by atoms with Gasteiger partial charge in [-0.3, -0.25) is 0 Å². The first-order chi connectivity index (χ1) is 12.7. The van der Waals surface area contributed by atoms with Crippen molar-refractivity contribution in [1.82, 2.24) is 0 Å². The predicted molar refractivity (Wildman–Crippen MR) is 108 cm³/mol. The molecule has 0 amide bonds. The Labute approximate surface area is 157 Å². The maximum atomic E-state index is 6.02. The van der Waals surface area contributed by atoms with Crippen molar-refractivity contribution in [2.24, 2.45) is 7.05 Å². The molecular weight excluding hydrogens is 342 g/mol. The van der Waals surface area contributed by atoms with E-state index in [9.17, 15) is 0 Å². The Kier molecular flexibility index (Phi) is 4.27. The third-order valence-corrected chi connectivity index (χ3v) is 4.83. The van der Waals surface area contributed by atoms with Gasteiger partial charge in [0.15, 0.2) is 5.05 Å². The van der Waals surface area contributed by atoms with E-state index >= 15 is 0 Å². The molecule has 4 rings (SSSR count). The Morgan fingerprint density at radius 3 is 1.81 bits per heavy atom. The number of para-hydroxylation sites is 2. The maximum absolute atomic E-state index is 6.02. The Morgan fingerprint density at radius 2 is 1.27 bits per heavy atom. The van der Waals surface area contributed by atoms with Crippen LogP contribution in [0.1, 0.15) is 5.56 Å². The van der Waals surface area contributed by atoms with Crippen LogP contribution in [0.4, 0.5) is 0 Å². The van der Waals surface area contributed by atoms with E-state index in [2.05, 4.69) is 35.9 Å². The minimum atomic E-state index is 0.461. The monoisotopic (exact) mass is 360 g/mol. The van der Waals surface area contributed by atoms with Crippen LogP contribution in [-0.2, 0) is 7.05 Å². The lowest BCUT2D eigenvalue weighted by Crippen LogP contribution is -2.31. The number of pyridine rings is 1. The summed E-state index contributed by atoms with van der Waals surface area (Å²) in [6.07, 6.45) is 0. The first kappa shape index (κ1) is 16.5. The predicted octanol–water partition coefficient (Wildman–Crippen LogP) is 4.58. The summed E-state index contributed by atoms with van der Waals surface area (Å²) in [4.78, 5) is 0. The molecule has 0 radical (unpaired) electrons. The minimum absolute atomic E-state index is 0.461. The van der Waals surface area contributed by atoms with Crippen LogP contribution in [0.25, 0.3) is 21.8 Å². The molecule has 0 atom stereocenters. The Bertz CT molecular complexity index is 1060. The third kappa shape index (κ3) is 2.78. The second-order valence-electron chi connectivity index (χ2n) is 6.03. The third-order valence-electron chi connectivity index (χ3n) is 4.54. The van der Waals surface area contributed by atoms with Crippen molar-refractivity contribution in [3.63, 3.8) is 0 Å². The van der Waals surface area contributed by atoms with E-state index in [0.717, 1.165) is 33.1 Å². The lowest BCUT2D eigenvalue weighted by atomic mass is 10.0. The van der Waals surface area contributed by atoms with Gasteiger partial charge in [-0.1, -0.05) is 24.3 Å². The summed E-state index contributed by atoms with van der Waals surface area (Å²) in [5.74, 6) is 1.48. The van der Waals surface area contributed by atoms with Crippen molar-refractivity contribution in [3.05, 3.63) is 78.4 Å². The van der Waals surface area contributed by atoms with Crippen molar-refractivity contribution < 1.29 is 14.0 Å². The number of rotatable bonds is 3. The number of thiocarbonyl (C=S) groups is 1. The summed E-state index contributed by atoms with van der Waals surface area (Å²) >= 11 is 5.70. The fourth-order valence-corrected chi connectivity index (χ4v) is 3.57. The molecule has 0 N–H and O–H groups in total. The van der Waals surface area contributed by atoms with Crippen LogP contribution in [0.3, 0.4) is 0 Å². The highest BCUT2D eigenvalue weighted by Gasteiger charge is 2.21. The first-order valence-electron chi connectivity index (χ1n) is 8.35. The van der Waals surface area contributed by atoms with Gasteiger partial charge in [0.2, 0.25) is 11.0 Å². The van der Waals surface area contributed by atoms with Gasteiger partial charge in [0.25, 0.3) is 0 Å². The highest BCUT2D eigenvalue weighted by molar-refractivity contribution is 7.80. The Balaban J connectivity index is 1.88. The van der Waals surface area contributed by atoms with Gasteiger partial charge in [-0.05, 0) is 48.6 Å². The molecular formula is C22H18NO2S+. The topological polar surface area (TPSA) is 22.3 Å². The highest BCUT2D eigenvalue weighted by Crippen LogP contribution is 2.27. The van der Waals surface area contributed by atoms with E-state index in [4.69, 9.17) is 21.7 Å². The normalized spacial score (nSPS) is 10.8. The summed E-state index contributed by atoms with van der Waals surface area (Å²) < 4.78 is 13.4. The van der Waals surface area contributed by atoms with Crippen LogP contribution in [-0.4, -0.2) is 12.2 Å². The van der Waals surface area contributed by atoms with E-state index < -0.39 is 0 Å². The fourth-order valence-electron chi connectivity index (χ4n) is 3.25. The number of benzene rings is 3. The van der Waals surface area contributed by atoms with Crippen molar-refractivity contribution in [1.29, 1.82) is 0 Å². The lowest BCUT2D eigenvalue weighted by Gasteiger charge is -2.12. The molecule has 26 heavy (non-hydrogen) atoms. The summed E-state index contributed by atoms with van der Waals surface area (Å²) in [5, 5.41) is 2.61. The maximum Gasteiger partial charge on any atom is 0.213 e. The van der Waals surface area contributed by atoms with Crippen LogP contribution >= 0.6 is 12.2 Å². The molecule has 0 unspecified atom stereocenters. The summed E-state index contributed by atoms with van der Waals surface area (Å²) in [6.45, 7) is 0. The zero-order chi connectivity index (χ0) is 18.1. The molecule has 0 saturated carbocycles. The lowest BCUT2D eigenvalue weighted by molar-refractivity contribution is -0.617. The van der Waals surface area contributed by atoms with Crippen LogP contribution in [0.5, 0.6) is 11.5 Å². The minimum Gasteiger partial charge on any atom is -0.497 e. The van der Waals surface area contributed by atoms with E-state index in [1.54, 1.807) is 7.11 Å². The molecule has 4 heteroatoms. The van der Waals surface area contributed by atoms with Crippen molar-refractivity contribution in [3.8, 4) is 11.5 Å². The SMILES string of the molecule is COc1ccc(OC(=S)c2c3ccccc3[n+](C)c3ccccc23)cc1. The second-order valence-corrected chi connectivity index (χ2v) is 6.40. The largest absolute Gasteiger partial charge is 0.497 e. The van der Waals surface area contributed by atoms with Crippen LogP contribution in [0, 0.1) is 0 Å². The van der Waals surface area contributed by atoms with Crippen LogP contribution in [0.2, 0.25) is 0 Å². The van der Waals surface area contributed by atoms with Gasteiger partial charge in [-0.2, -0.15) is 4.57 Å². The average Bonchev–Trinajstić information content (AvgIpc) is 2.69. The molecule has 3 nitrogen and oxygen atoms in total. The number of ether oxygens (including phenoxy) is 2. The molecule has 0 spiro atoms. The molecule has 128 valence electrons. The standard InChI is InChI=1S/C22H18NO2S/c1-23-19-9-5-3-7-17(19)21(18-8-4-6-10-20(18)23)22(26)25-16-13-11-15(24-2)12-14-16/h3-14H,1-2H3/q+1.